The van der Waals surface area contributed by atoms with Crippen LogP contribution in [0, 0.1) is 5.82 Å². The van der Waals surface area contributed by atoms with E-state index in [4.69, 9.17) is 0 Å². The van der Waals surface area contributed by atoms with Crippen molar-refractivity contribution in [1.29, 1.82) is 0 Å². The highest BCUT2D eigenvalue weighted by Gasteiger charge is 2.38. The van der Waals surface area contributed by atoms with Crippen molar-refractivity contribution in [3.8, 4) is 5.69 Å². The fourth-order valence-corrected chi connectivity index (χ4v) is 3.94. The van der Waals surface area contributed by atoms with Crippen molar-refractivity contribution < 1.29 is 23.5 Å². The highest BCUT2D eigenvalue weighted by Crippen LogP contribution is 2.29. The van der Waals surface area contributed by atoms with Crippen LogP contribution in [0.25, 0.3) is 5.69 Å². The summed E-state index contributed by atoms with van der Waals surface area (Å²) in [5.41, 5.74) is 2.73. The summed E-state index contributed by atoms with van der Waals surface area (Å²) in [4.78, 5) is 38.8. The minimum atomic E-state index is -0.934. The van der Waals surface area contributed by atoms with Crippen LogP contribution < -0.4 is 5.32 Å². The zero-order valence-corrected chi connectivity index (χ0v) is 16.0. The summed E-state index contributed by atoms with van der Waals surface area (Å²) >= 11 is 0. The molecule has 2 heterocycles. The maximum absolute atomic E-state index is 13.3. The molecule has 2 aromatic rings. The molecule has 29 heavy (non-hydrogen) atoms. The van der Waals surface area contributed by atoms with Gasteiger partial charge in [0, 0.05) is 24.3 Å². The molecule has 9 heteroatoms. The Labute approximate surface area is 166 Å². The van der Waals surface area contributed by atoms with Gasteiger partial charge in [0.15, 0.2) is 5.69 Å². The van der Waals surface area contributed by atoms with Gasteiger partial charge in [0.1, 0.15) is 11.9 Å². The topological polar surface area (TPSA) is 93.5 Å². The number of esters is 1. The van der Waals surface area contributed by atoms with Crippen LogP contribution in [-0.4, -0.2) is 58.7 Å². The minimum Gasteiger partial charge on any atom is -0.469 e. The number of rotatable bonds is 4. The van der Waals surface area contributed by atoms with Crippen molar-refractivity contribution in [2.45, 2.75) is 31.7 Å². The number of benzene rings is 1. The Hall–Kier alpha value is -3.23. The fraction of sp³-hybridized carbons (Fsp3) is 0.400. The van der Waals surface area contributed by atoms with Gasteiger partial charge in [0.05, 0.1) is 19.2 Å². The number of aromatic nitrogens is 2. The van der Waals surface area contributed by atoms with Gasteiger partial charge in [-0.2, -0.15) is 5.10 Å². The molecule has 0 spiro atoms. The molecule has 0 bridgehead atoms. The molecule has 0 radical (unpaired) electrons. The van der Waals surface area contributed by atoms with E-state index >= 15 is 0 Å². The number of piperazine rings is 1. The second kappa shape index (κ2) is 7.65. The molecule has 1 aromatic heterocycles. The van der Waals surface area contributed by atoms with E-state index < -0.39 is 12.0 Å². The molecular weight excluding hydrogens is 379 g/mol. The van der Waals surface area contributed by atoms with E-state index in [2.05, 4.69) is 15.2 Å². The normalized spacial score (nSPS) is 18.3. The van der Waals surface area contributed by atoms with Gasteiger partial charge in [0.2, 0.25) is 5.91 Å². The zero-order chi connectivity index (χ0) is 20.5. The molecule has 1 saturated heterocycles. The summed E-state index contributed by atoms with van der Waals surface area (Å²) in [6.07, 6.45) is 2.15. The van der Waals surface area contributed by atoms with Crippen LogP contribution in [0.2, 0.25) is 0 Å². The molecule has 0 saturated carbocycles. The standard InChI is InChI=1S/C20H21FN4O4/c1-29-17(26)11-16-19(27)22-9-10-24(16)20(28)18-14-3-2-4-15(14)25(23-18)13-7-5-12(21)6-8-13/h5-8,16H,2-4,9-11H2,1H3,(H,22,27). The molecule has 1 atom stereocenters. The van der Waals surface area contributed by atoms with Gasteiger partial charge in [-0.05, 0) is 43.5 Å². The lowest BCUT2D eigenvalue weighted by Crippen LogP contribution is -2.58. The Balaban J connectivity index is 1.69. The number of fused-ring (bicyclic) bond motifs is 1. The summed E-state index contributed by atoms with van der Waals surface area (Å²) in [7, 11) is 1.24. The number of carbonyl (C=O) groups is 3. The second-order valence-corrected chi connectivity index (χ2v) is 7.10. The third kappa shape index (κ3) is 3.48. The lowest BCUT2D eigenvalue weighted by Gasteiger charge is -2.34. The minimum absolute atomic E-state index is 0.213. The first-order valence-corrected chi connectivity index (χ1v) is 9.52. The number of methoxy groups -OCH3 is 1. The van der Waals surface area contributed by atoms with Gasteiger partial charge in [-0.1, -0.05) is 0 Å². The lowest BCUT2D eigenvalue weighted by atomic mass is 10.1. The predicted octanol–water partition coefficient (Wildman–Crippen LogP) is 1.00. The molecule has 152 valence electrons. The van der Waals surface area contributed by atoms with Crippen molar-refractivity contribution in [2.75, 3.05) is 20.2 Å². The van der Waals surface area contributed by atoms with E-state index in [0.29, 0.717) is 18.7 Å². The Bertz CT molecular complexity index is 970. The van der Waals surface area contributed by atoms with Gasteiger partial charge < -0.3 is 15.0 Å². The van der Waals surface area contributed by atoms with E-state index in [1.165, 1.54) is 24.1 Å². The number of halogens is 1. The number of nitrogens with one attached hydrogen (secondary N) is 1. The highest BCUT2D eigenvalue weighted by molar-refractivity contribution is 5.99. The highest BCUT2D eigenvalue weighted by atomic mass is 19.1. The summed E-state index contributed by atoms with van der Waals surface area (Å²) in [6.45, 7) is 0.591. The van der Waals surface area contributed by atoms with Gasteiger partial charge in [-0.25, -0.2) is 9.07 Å². The van der Waals surface area contributed by atoms with Crippen molar-refractivity contribution in [1.82, 2.24) is 20.0 Å². The summed E-state index contributed by atoms with van der Waals surface area (Å²) in [6, 6.07) is 4.99. The fourth-order valence-electron chi connectivity index (χ4n) is 3.94. The predicted molar refractivity (Wildman–Crippen MR) is 100 cm³/mol. The van der Waals surface area contributed by atoms with Gasteiger partial charge in [-0.15, -0.1) is 0 Å². The molecule has 1 N–H and O–H groups in total. The zero-order valence-electron chi connectivity index (χ0n) is 16.0. The van der Waals surface area contributed by atoms with E-state index in [-0.39, 0.29) is 36.3 Å². The van der Waals surface area contributed by atoms with Gasteiger partial charge in [-0.3, -0.25) is 14.4 Å². The number of ether oxygens (including phenoxy) is 1. The summed E-state index contributed by atoms with van der Waals surface area (Å²) in [5.74, 6) is -1.68. The van der Waals surface area contributed by atoms with E-state index in [0.717, 1.165) is 24.1 Å². The van der Waals surface area contributed by atoms with Crippen LogP contribution >= 0.6 is 0 Å². The molecule has 1 unspecified atom stereocenters. The molecule has 2 aliphatic rings. The molecule has 1 fully saturated rings. The van der Waals surface area contributed by atoms with Crippen molar-refractivity contribution in [3.63, 3.8) is 0 Å². The van der Waals surface area contributed by atoms with Crippen LogP contribution in [0.5, 0.6) is 0 Å². The molecule has 1 aromatic carbocycles. The first-order valence-electron chi connectivity index (χ1n) is 9.52. The maximum Gasteiger partial charge on any atom is 0.308 e. The third-order valence-electron chi connectivity index (χ3n) is 5.38. The molecule has 1 aliphatic heterocycles. The van der Waals surface area contributed by atoms with Gasteiger partial charge in [0.25, 0.3) is 5.91 Å². The van der Waals surface area contributed by atoms with Crippen LogP contribution in [0.15, 0.2) is 24.3 Å². The smallest absolute Gasteiger partial charge is 0.308 e. The average molecular weight is 400 g/mol. The van der Waals surface area contributed by atoms with Crippen molar-refractivity contribution in [2.24, 2.45) is 0 Å². The van der Waals surface area contributed by atoms with Gasteiger partial charge >= 0.3 is 5.97 Å². The first-order chi connectivity index (χ1) is 14.0. The molecular formula is C20H21FN4O4. The number of hydrogen-bond acceptors (Lipinski definition) is 5. The summed E-state index contributed by atoms with van der Waals surface area (Å²) < 4.78 is 19.6. The average Bonchev–Trinajstić information content (AvgIpc) is 3.32. The maximum atomic E-state index is 13.3. The monoisotopic (exact) mass is 400 g/mol. The third-order valence-corrected chi connectivity index (χ3v) is 5.38. The van der Waals surface area contributed by atoms with Crippen LogP contribution in [0.3, 0.4) is 0 Å². The molecule has 8 nitrogen and oxygen atoms in total. The lowest BCUT2D eigenvalue weighted by molar-refractivity contribution is -0.145. The Kier molecular flexibility index (Phi) is 5.04. The number of nitrogens with zero attached hydrogens (tertiary/aromatic N) is 3. The number of hydrogen-bond donors (Lipinski definition) is 1. The van der Waals surface area contributed by atoms with Crippen LogP contribution in [0.4, 0.5) is 4.39 Å². The van der Waals surface area contributed by atoms with E-state index in [1.54, 1.807) is 16.8 Å². The van der Waals surface area contributed by atoms with E-state index in [1.807, 2.05) is 0 Å². The number of carbonyl (C=O) groups excluding carboxylic acids is 3. The molecule has 2 amide bonds. The molecule has 1 aliphatic carbocycles. The SMILES string of the molecule is COC(=O)CC1C(=O)NCCN1C(=O)c1nn(-c2ccc(F)cc2)c2c1CCC2. The Morgan fingerprint density at radius 1 is 1.28 bits per heavy atom. The largest absolute Gasteiger partial charge is 0.469 e. The van der Waals surface area contributed by atoms with Crippen molar-refractivity contribution in [3.05, 3.63) is 47.0 Å². The second-order valence-electron chi connectivity index (χ2n) is 7.10. The number of amides is 2. The van der Waals surface area contributed by atoms with Crippen molar-refractivity contribution >= 4 is 17.8 Å². The van der Waals surface area contributed by atoms with E-state index in [9.17, 15) is 18.8 Å². The summed E-state index contributed by atoms with van der Waals surface area (Å²) in [5, 5.41) is 7.21. The van der Waals surface area contributed by atoms with Crippen LogP contribution in [-0.2, 0) is 27.2 Å². The van der Waals surface area contributed by atoms with Crippen LogP contribution in [0.1, 0.15) is 34.6 Å². The Morgan fingerprint density at radius 3 is 2.76 bits per heavy atom. The quantitative estimate of drug-likeness (QED) is 0.773. The molecule has 4 rings (SSSR count). The first kappa shape index (κ1) is 19.1. The Morgan fingerprint density at radius 2 is 2.03 bits per heavy atom.